The molecular formula is C26H32N2O7. The van der Waals surface area contributed by atoms with Crippen LogP contribution in [-0.2, 0) is 23.8 Å². The standard InChI is InChI=1S/C26H32N2O7/c1-33-15-7-12-22(24(29)27-14-13-23(34-2)25(30)31)28-26(32)35-16-21-19-10-5-3-8-17(19)18-9-4-6-11-20(18)21/h3-6,8-11,21-23H,7,12-16H2,1-2H3,(H,27,29)(H,28,32)(H,30,31). The largest absolute Gasteiger partial charge is 0.479 e. The number of methoxy groups -OCH3 is 2. The number of carboxylic acids is 1. The Morgan fingerprint density at radius 1 is 0.971 bits per heavy atom. The molecule has 1 aliphatic rings. The number of ether oxygens (including phenoxy) is 3. The van der Waals surface area contributed by atoms with Crippen molar-refractivity contribution in [2.45, 2.75) is 37.3 Å². The molecular weight excluding hydrogens is 452 g/mol. The van der Waals surface area contributed by atoms with Gasteiger partial charge >= 0.3 is 12.1 Å². The number of nitrogens with one attached hydrogen (secondary N) is 2. The zero-order valence-electron chi connectivity index (χ0n) is 20.0. The molecule has 0 radical (unpaired) electrons. The molecule has 0 saturated heterocycles. The lowest BCUT2D eigenvalue weighted by Gasteiger charge is -2.20. The van der Waals surface area contributed by atoms with Crippen LogP contribution < -0.4 is 10.6 Å². The van der Waals surface area contributed by atoms with E-state index in [-0.39, 0.29) is 25.5 Å². The molecule has 2 atom stereocenters. The van der Waals surface area contributed by atoms with Crippen LogP contribution in [0.25, 0.3) is 11.1 Å². The maximum absolute atomic E-state index is 12.7. The van der Waals surface area contributed by atoms with Gasteiger partial charge in [0.1, 0.15) is 12.6 Å². The van der Waals surface area contributed by atoms with Crippen molar-refractivity contribution in [3.63, 3.8) is 0 Å². The molecule has 188 valence electrons. The summed E-state index contributed by atoms with van der Waals surface area (Å²) < 4.78 is 15.5. The van der Waals surface area contributed by atoms with Gasteiger partial charge in [0.2, 0.25) is 5.91 Å². The van der Waals surface area contributed by atoms with E-state index in [0.717, 1.165) is 22.3 Å². The lowest BCUT2D eigenvalue weighted by molar-refractivity contribution is -0.149. The second-order valence-corrected chi connectivity index (χ2v) is 8.30. The van der Waals surface area contributed by atoms with Crippen molar-refractivity contribution in [3.05, 3.63) is 59.7 Å². The van der Waals surface area contributed by atoms with E-state index in [2.05, 4.69) is 22.8 Å². The molecule has 35 heavy (non-hydrogen) atoms. The summed E-state index contributed by atoms with van der Waals surface area (Å²) in [5, 5.41) is 14.4. The molecule has 0 spiro atoms. The second-order valence-electron chi connectivity index (χ2n) is 8.30. The normalized spacial score (nSPS) is 13.9. The minimum Gasteiger partial charge on any atom is -0.479 e. The van der Waals surface area contributed by atoms with Crippen LogP contribution in [0.1, 0.15) is 36.3 Å². The van der Waals surface area contributed by atoms with E-state index >= 15 is 0 Å². The first kappa shape index (κ1) is 26.2. The van der Waals surface area contributed by atoms with Gasteiger partial charge in [-0.05, 0) is 35.1 Å². The van der Waals surface area contributed by atoms with Crippen molar-refractivity contribution in [2.75, 3.05) is 34.0 Å². The molecule has 0 aromatic heterocycles. The maximum Gasteiger partial charge on any atom is 0.407 e. The summed E-state index contributed by atoms with van der Waals surface area (Å²) in [4.78, 5) is 36.4. The summed E-state index contributed by atoms with van der Waals surface area (Å²) in [6.45, 7) is 0.665. The average Bonchev–Trinajstić information content (AvgIpc) is 3.18. The van der Waals surface area contributed by atoms with Crippen LogP contribution in [0.3, 0.4) is 0 Å². The van der Waals surface area contributed by atoms with Crippen molar-refractivity contribution in [2.24, 2.45) is 0 Å². The van der Waals surface area contributed by atoms with Crippen LogP contribution in [0.2, 0.25) is 0 Å². The van der Waals surface area contributed by atoms with Gasteiger partial charge in [0.25, 0.3) is 0 Å². The van der Waals surface area contributed by atoms with Crippen LogP contribution in [-0.4, -0.2) is 69.2 Å². The van der Waals surface area contributed by atoms with Gasteiger partial charge in [-0.25, -0.2) is 9.59 Å². The molecule has 9 nitrogen and oxygen atoms in total. The Hall–Kier alpha value is -3.43. The summed E-state index contributed by atoms with van der Waals surface area (Å²) in [7, 11) is 2.86. The highest BCUT2D eigenvalue weighted by Gasteiger charge is 2.30. The van der Waals surface area contributed by atoms with E-state index in [1.165, 1.54) is 7.11 Å². The number of carbonyl (C=O) groups is 3. The van der Waals surface area contributed by atoms with Gasteiger partial charge in [-0.2, -0.15) is 0 Å². The zero-order valence-corrected chi connectivity index (χ0v) is 20.0. The predicted molar refractivity (Wildman–Crippen MR) is 129 cm³/mol. The number of carboxylic acid groups (broad SMARTS) is 1. The molecule has 0 heterocycles. The average molecular weight is 485 g/mol. The van der Waals surface area contributed by atoms with Crippen molar-refractivity contribution in [1.29, 1.82) is 0 Å². The number of hydrogen-bond acceptors (Lipinski definition) is 6. The topological polar surface area (TPSA) is 123 Å². The van der Waals surface area contributed by atoms with Gasteiger partial charge in [-0.15, -0.1) is 0 Å². The fourth-order valence-corrected chi connectivity index (χ4v) is 4.27. The van der Waals surface area contributed by atoms with Crippen molar-refractivity contribution >= 4 is 18.0 Å². The Balaban J connectivity index is 1.58. The van der Waals surface area contributed by atoms with Gasteiger partial charge in [0, 0.05) is 39.7 Å². The maximum atomic E-state index is 12.7. The van der Waals surface area contributed by atoms with Crippen LogP contribution in [0.5, 0.6) is 0 Å². The summed E-state index contributed by atoms with van der Waals surface area (Å²) in [5.74, 6) is -1.61. The third-order valence-electron chi connectivity index (χ3n) is 6.06. The third kappa shape index (κ3) is 6.80. The van der Waals surface area contributed by atoms with Gasteiger partial charge in [0.15, 0.2) is 6.10 Å². The summed E-state index contributed by atoms with van der Waals surface area (Å²) in [6.07, 6.45) is -0.709. The predicted octanol–water partition coefficient (Wildman–Crippen LogP) is 2.93. The minimum absolute atomic E-state index is 0.0871. The molecule has 0 saturated carbocycles. The van der Waals surface area contributed by atoms with Crippen LogP contribution in [0, 0.1) is 0 Å². The number of aliphatic carboxylic acids is 1. The van der Waals surface area contributed by atoms with E-state index in [1.807, 2.05) is 36.4 Å². The monoisotopic (exact) mass is 484 g/mol. The van der Waals surface area contributed by atoms with E-state index in [1.54, 1.807) is 7.11 Å². The summed E-state index contributed by atoms with van der Waals surface area (Å²) >= 11 is 0. The van der Waals surface area contributed by atoms with Gasteiger partial charge in [0.05, 0.1) is 0 Å². The fourth-order valence-electron chi connectivity index (χ4n) is 4.27. The first-order chi connectivity index (χ1) is 17.0. The number of alkyl carbamates (subject to hydrolysis) is 1. The quantitative estimate of drug-likeness (QED) is 0.374. The number of fused-ring (bicyclic) bond motifs is 3. The van der Waals surface area contributed by atoms with E-state index in [9.17, 15) is 14.4 Å². The molecule has 0 bridgehead atoms. The molecule has 2 aromatic rings. The lowest BCUT2D eigenvalue weighted by atomic mass is 9.98. The molecule has 0 aliphatic heterocycles. The first-order valence-corrected chi connectivity index (χ1v) is 11.6. The van der Waals surface area contributed by atoms with Crippen LogP contribution >= 0.6 is 0 Å². The van der Waals surface area contributed by atoms with Gasteiger partial charge in [-0.3, -0.25) is 4.79 Å². The van der Waals surface area contributed by atoms with Gasteiger partial charge in [-0.1, -0.05) is 48.5 Å². The van der Waals surface area contributed by atoms with E-state index in [4.69, 9.17) is 19.3 Å². The number of rotatable bonds is 13. The highest BCUT2D eigenvalue weighted by atomic mass is 16.5. The van der Waals surface area contributed by atoms with Crippen LogP contribution in [0.4, 0.5) is 4.79 Å². The molecule has 9 heteroatoms. The van der Waals surface area contributed by atoms with Crippen LogP contribution in [0.15, 0.2) is 48.5 Å². The highest BCUT2D eigenvalue weighted by Crippen LogP contribution is 2.44. The first-order valence-electron chi connectivity index (χ1n) is 11.6. The van der Waals surface area contributed by atoms with Gasteiger partial charge < -0.3 is 30.0 Å². The number of hydrogen-bond donors (Lipinski definition) is 3. The third-order valence-corrected chi connectivity index (χ3v) is 6.06. The molecule has 1 aliphatic carbocycles. The van der Waals surface area contributed by atoms with Crippen molar-refractivity contribution in [1.82, 2.24) is 10.6 Å². The number of amides is 2. The highest BCUT2D eigenvalue weighted by molar-refractivity contribution is 5.85. The smallest absolute Gasteiger partial charge is 0.407 e. The Labute approximate surface area is 204 Å². The Morgan fingerprint density at radius 2 is 1.60 bits per heavy atom. The molecule has 3 N–H and O–H groups in total. The molecule has 2 unspecified atom stereocenters. The summed E-state index contributed by atoms with van der Waals surface area (Å²) in [5.41, 5.74) is 4.46. The van der Waals surface area contributed by atoms with Crippen molar-refractivity contribution in [3.8, 4) is 11.1 Å². The number of benzene rings is 2. The Kier molecular flexibility index (Phi) is 9.63. The van der Waals surface area contributed by atoms with E-state index in [0.29, 0.717) is 19.4 Å². The molecule has 2 aromatic carbocycles. The molecule has 0 fully saturated rings. The van der Waals surface area contributed by atoms with Crippen molar-refractivity contribution < 1.29 is 33.7 Å². The second kappa shape index (κ2) is 12.9. The Bertz CT molecular complexity index is 981. The molecule has 2 amide bonds. The zero-order chi connectivity index (χ0) is 25.2. The van der Waals surface area contributed by atoms with E-state index < -0.39 is 30.1 Å². The molecule has 3 rings (SSSR count). The lowest BCUT2D eigenvalue weighted by Crippen LogP contribution is -2.47. The minimum atomic E-state index is -1.10. The SMILES string of the molecule is COCCCC(NC(=O)OCC1c2ccccc2-c2ccccc21)C(=O)NCCC(OC)C(=O)O. The Morgan fingerprint density at radius 3 is 2.17 bits per heavy atom. The fraction of sp³-hybridized carbons (Fsp3) is 0.423. The summed E-state index contributed by atoms with van der Waals surface area (Å²) in [6, 6.07) is 15.2. The number of carbonyl (C=O) groups excluding carboxylic acids is 2.